The quantitative estimate of drug-likeness (QED) is 0.731. The molecule has 2 rings (SSSR count). The number of alkyl halides is 1. The van der Waals surface area contributed by atoms with Gasteiger partial charge in [0.15, 0.2) is 0 Å². The zero-order valence-corrected chi connectivity index (χ0v) is 8.81. The minimum atomic E-state index is 0.223. The fourth-order valence-corrected chi connectivity index (χ4v) is 1.77. The summed E-state index contributed by atoms with van der Waals surface area (Å²) in [6.45, 7) is 0. The first-order valence-electron chi connectivity index (χ1n) is 4.18. The highest BCUT2D eigenvalue weighted by atomic mass is 35.5. The fourth-order valence-electron chi connectivity index (χ4n) is 1.45. The average Bonchev–Trinajstić information content (AvgIpc) is 2.19. The Hall–Kier alpha value is -0.920. The Kier molecular flexibility index (Phi) is 2.53. The lowest BCUT2D eigenvalue weighted by molar-refractivity contribution is 0.481. The third-order valence-corrected chi connectivity index (χ3v) is 2.65. The van der Waals surface area contributed by atoms with Crippen LogP contribution in [-0.2, 0) is 5.88 Å². The van der Waals surface area contributed by atoms with Crippen molar-refractivity contribution in [3.8, 4) is 5.75 Å². The summed E-state index contributed by atoms with van der Waals surface area (Å²) in [5.41, 5.74) is 0.902. The van der Waals surface area contributed by atoms with Crippen LogP contribution in [0.2, 0.25) is 5.02 Å². The summed E-state index contributed by atoms with van der Waals surface area (Å²) in [6, 6.07) is 9.00. The summed E-state index contributed by atoms with van der Waals surface area (Å²) in [5.74, 6) is 0.618. The molecule has 72 valence electrons. The van der Waals surface area contributed by atoms with Crippen molar-refractivity contribution in [1.29, 1.82) is 0 Å². The molecule has 1 nitrogen and oxygen atoms in total. The Morgan fingerprint density at radius 2 is 1.93 bits per heavy atom. The molecule has 0 heterocycles. The van der Waals surface area contributed by atoms with Crippen LogP contribution in [0.1, 0.15) is 5.56 Å². The number of benzene rings is 2. The fraction of sp³-hybridized carbons (Fsp3) is 0.0909. The van der Waals surface area contributed by atoms with Gasteiger partial charge in [0.05, 0.1) is 0 Å². The van der Waals surface area contributed by atoms with Crippen molar-refractivity contribution in [2.45, 2.75) is 5.88 Å². The first kappa shape index (κ1) is 9.63. The van der Waals surface area contributed by atoms with Crippen molar-refractivity contribution in [3.05, 3.63) is 40.9 Å². The van der Waals surface area contributed by atoms with Gasteiger partial charge in [-0.15, -0.1) is 11.6 Å². The molecule has 0 aliphatic carbocycles. The second-order valence-electron chi connectivity index (χ2n) is 3.11. The van der Waals surface area contributed by atoms with Crippen LogP contribution < -0.4 is 0 Å². The van der Waals surface area contributed by atoms with Gasteiger partial charge in [-0.3, -0.25) is 0 Å². The number of halogens is 2. The third-order valence-electron chi connectivity index (χ3n) is 2.11. The van der Waals surface area contributed by atoms with E-state index in [4.69, 9.17) is 23.2 Å². The molecule has 0 atom stereocenters. The predicted octanol–water partition coefficient (Wildman–Crippen LogP) is 3.94. The lowest BCUT2D eigenvalue weighted by Gasteiger charge is -2.04. The van der Waals surface area contributed by atoms with Crippen LogP contribution in [0.3, 0.4) is 0 Å². The second kappa shape index (κ2) is 3.68. The Labute approximate surface area is 91.9 Å². The van der Waals surface area contributed by atoms with E-state index < -0.39 is 0 Å². The molecule has 0 aliphatic heterocycles. The van der Waals surface area contributed by atoms with Crippen LogP contribution in [0, 0.1) is 0 Å². The molecule has 0 aromatic heterocycles. The summed E-state index contributed by atoms with van der Waals surface area (Å²) >= 11 is 11.5. The van der Waals surface area contributed by atoms with Gasteiger partial charge in [-0.05, 0) is 35.2 Å². The van der Waals surface area contributed by atoms with Crippen molar-refractivity contribution in [3.63, 3.8) is 0 Å². The largest absolute Gasteiger partial charge is 0.507 e. The average molecular weight is 227 g/mol. The van der Waals surface area contributed by atoms with Crippen molar-refractivity contribution < 1.29 is 5.11 Å². The van der Waals surface area contributed by atoms with Gasteiger partial charge in [0.25, 0.3) is 0 Å². The van der Waals surface area contributed by atoms with Gasteiger partial charge in [-0.2, -0.15) is 0 Å². The van der Waals surface area contributed by atoms with E-state index in [1.54, 1.807) is 18.2 Å². The molecular weight excluding hydrogens is 219 g/mol. The minimum absolute atomic E-state index is 0.223. The topological polar surface area (TPSA) is 20.2 Å². The molecule has 1 N–H and O–H groups in total. The molecule has 0 bridgehead atoms. The Morgan fingerprint density at radius 1 is 1.14 bits per heavy atom. The lowest BCUT2D eigenvalue weighted by Crippen LogP contribution is -1.80. The van der Waals surface area contributed by atoms with E-state index >= 15 is 0 Å². The summed E-state index contributed by atoms with van der Waals surface area (Å²) in [5, 5.41) is 12.0. The molecule has 14 heavy (non-hydrogen) atoms. The van der Waals surface area contributed by atoms with E-state index in [0.29, 0.717) is 10.9 Å². The Balaban J connectivity index is 2.76. The number of fused-ring (bicyclic) bond motifs is 1. The van der Waals surface area contributed by atoms with Gasteiger partial charge in [-0.25, -0.2) is 0 Å². The van der Waals surface area contributed by atoms with Crippen LogP contribution in [0.25, 0.3) is 10.8 Å². The Morgan fingerprint density at radius 3 is 2.64 bits per heavy atom. The summed E-state index contributed by atoms with van der Waals surface area (Å²) in [4.78, 5) is 0. The number of phenolic OH excluding ortho intramolecular Hbond substituents is 1. The van der Waals surface area contributed by atoms with Crippen LogP contribution in [0.4, 0.5) is 0 Å². The lowest BCUT2D eigenvalue weighted by atomic mass is 10.1. The van der Waals surface area contributed by atoms with E-state index in [-0.39, 0.29) is 5.75 Å². The highest BCUT2D eigenvalue weighted by Gasteiger charge is 2.02. The smallest absolute Gasteiger partial charge is 0.123 e. The van der Waals surface area contributed by atoms with Gasteiger partial charge in [0.2, 0.25) is 0 Å². The molecule has 0 radical (unpaired) electrons. The SMILES string of the molecule is Oc1cc(CCl)cc2ccc(Cl)cc12. The van der Waals surface area contributed by atoms with Crippen LogP contribution >= 0.6 is 23.2 Å². The maximum atomic E-state index is 9.69. The molecule has 0 saturated heterocycles. The number of hydrogen-bond donors (Lipinski definition) is 1. The summed E-state index contributed by atoms with van der Waals surface area (Å²) < 4.78 is 0. The molecule has 0 spiro atoms. The first-order valence-corrected chi connectivity index (χ1v) is 5.09. The van der Waals surface area contributed by atoms with Crippen molar-refractivity contribution in [2.75, 3.05) is 0 Å². The van der Waals surface area contributed by atoms with Gasteiger partial charge >= 0.3 is 0 Å². The minimum Gasteiger partial charge on any atom is -0.507 e. The number of phenols is 1. The molecule has 2 aromatic carbocycles. The van der Waals surface area contributed by atoms with Gasteiger partial charge in [-0.1, -0.05) is 17.7 Å². The zero-order chi connectivity index (χ0) is 10.1. The van der Waals surface area contributed by atoms with Gasteiger partial charge in [0.1, 0.15) is 5.75 Å². The molecule has 0 fully saturated rings. The maximum absolute atomic E-state index is 9.69. The predicted molar refractivity (Wildman–Crippen MR) is 60.2 cm³/mol. The third kappa shape index (κ3) is 1.66. The standard InChI is InChI=1S/C11H8Cl2O/c12-6-7-3-8-1-2-9(13)5-10(8)11(14)4-7/h1-5,14H,6H2. The van der Waals surface area contributed by atoms with Crippen molar-refractivity contribution in [1.82, 2.24) is 0 Å². The number of rotatable bonds is 1. The first-order chi connectivity index (χ1) is 6.70. The van der Waals surface area contributed by atoms with Crippen molar-refractivity contribution in [2.24, 2.45) is 0 Å². The molecule has 2 aromatic rings. The molecule has 0 aliphatic rings. The van der Waals surface area contributed by atoms with E-state index in [2.05, 4.69) is 0 Å². The van der Waals surface area contributed by atoms with Crippen molar-refractivity contribution >= 4 is 34.0 Å². The Bertz CT molecular complexity index is 480. The van der Waals surface area contributed by atoms with Crippen LogP contribution in [0.15, 0.2) is 30.3 Å². The van der Waals surface area contributed by atoms with E-state index in [1.165, 1.54) is 0 Å². The highest BCUT2D eigenvalue weighted by molar-refractivity contribution is 6.31. The number of aromatic hydroxyl groups is 1. The monoisotopic (exact) mass is 226 g/mol. The summed E-state index contributed by atoms with van der Waals surface area (Å²) in [6.07, 6.45) is 0. The molecule has 3 heteroatoms. The molecular formula is C11H8Cl2O. The van der Waals surface area contributed by atoms with E-state index in [9.17, 15) is 5.11 Å². The highest BCUT2D eigenvalue weighted by Crippen LogP contribution is 2.29. The van der Waals surface area contributed by atoms with Crippen LogP contribution in [-0.4, -0.2) is 5.11 Å². The van der Waals surface area contributed by atoms with Crippen LogP contribution in [0.5, 0.6) is 5.75 Å². The second-order valence-corrected chi connectivity index (χ2v) is 3.82. The molecule has 0 saturated carbocycles. The van der Waals surface area contributed by atoms with E-state index in [0.717, 1.165) is 16.3 Å². The van der Waals surface area contributed by atoms with Gasteiger partial charge in [0, 0.05) is 16.3 Å². The summed E-state index contributed by atoms with van der Waals surface area (Å²) in [7, 11) is 0. The normalized spacial score (nSPS) is 10.7. The molecule has 0 unspecified atom stereocenters. The number of hydrogen-bond acceptors (Lipinski definition) is 1. The maximum Gasteiger partial charge on any atom is 0.123 e. The zero-order valence-electron chi connectivity index (χ0n) is 7.30. The molecule has 0 amide bonds. The van der Waals surface area contributed by atoms with Gasteiger partial charge < -0.3 is 5.11 Å². The van der Waals surface area contributed by atoms with E-state index in [1.807, 2.05) is 12.1 Å².